The van der Waals surface area contributed by atoms with Crippen molar-refractivity contribution in [3.05, 3.63) is 16.0 Å². The molecule has 2 heterocycles. The van der Waals surface area contributed by atoms with E-state index < -0.39 is 0 Å². The minimum absolute atomic E-state index is 0.328. The van der Waals surface area contributed by atoms with Gasteiger partial charge in [0.15, 0.2) is 0 Å². The lowest BCUT2D eigenvalue weighted by molar-refractivity contribution is 0.0609. The third kappa shape index (κ3) is 1.93. The van der Waals surface area contributed by atoms with Crippen molar-refractivity contribution in [2.45, 2.75) is 6.42 Å². The Bertz CT molecular complexity index is 321. The number of carbonyl (C=O) groups is 1. The molecule has 0 atom stereocenters. The molecule has 2 rings (SSSR count). The van der Waals surface area contributed by atoms with E-state index in [-0.39, 0.29) is 6.09 Å². The molecule has 0 spiro atoms. The standard InChI is InChI=1S/C7H8IN3O2/c8-6-4-9-11(5-6)13-7(12)10-2-1-3-10/h4-5H,1-3H2. The molecule has 0 aliphatic carbocycles. The smallest absolute Gasteiger partial charge is 0.306 e. The second-order valence-electron chi connectivity index (χ2n) is 2.76. The summed E-state index contributed by atoms with van der Waals surface area (Å²) in [6.45, 7) is 1.58. The van der Waals surface area contributed by atoms with Gasteiger partial charge in [0.2, 0.25) is 0 Å². The number of likely N-dealkylation sites (tertiary alicyclic amines) is 1. The maximum atomic E-state index is 11.2. The molecule has 1 amide bonds. The van der Waals surface area contributed by atoms with Crippen molar-refractivity contribution in [3.63, 3.8) is 0 Å². The molecule has 13 heavy (non-hydrogen) atoms. The van der Waals surface area contributed by atoms with Crippen LogP contribution in [-0.2, 0) is 0 Å². The Morgan fingerprint density at radius 3 is 2.85 bits per heavy atom. The van der Waals surface area contributed by atoms with E-state index in [4.69, 9.17) is 4.84 Å². The summed E-state index contributed by atoms with van der Waals surface area (Å²) in [5.41, 5.74) is 0. The monoisotopic (exact) mass is 293 g/mol. The Kier molecular flexibility index (Phi) is 2.38. The molecule has 0 unspecified atom stereocenters. The van der Waals surface area contributed by atoms with E-state index in [0.717, 1.165) is 23.1 Å². The summed E-state index contributed by atoms with van der Waals surface area (Å²) in [5.74, 6) is 0. The maximum absolute atomic E-state index is 11.2. The van der Waals surface area contributed by atoms with Crippen LogP contribution in [0, 0.1) is 3.57 Å². The lowest BCUT2D eigenvalue weighted by Crippen LogP contribution is -2.45. The molecule has 5 nitrogen and oxygen atoms in total. The molecule has 0 radical (unpaired) electrons. The molecule has 0 aromatic carbocycles. The Labute approximate surface area is 88.7 Å². The van der Waals surface area contributed by atoms with Gasteiger partial charge in [0.25, 0.3) is 0 Å². The average molecular weight is 293 g/mol. The minimum atomic E-state index is -0.328. The van der Waals surface area contributed by atoms with Crippen molar-refractivity contribution in [2.75, 3.05) is 13.1 Å². The van der Waals surface area contributed by atoms with E-state index in [0.29, 0.717) is 0 Å². The molecule has 0 bridgehead atoms. The van der Waals surface area contributed by atoms with Gasteiger partial charge in [0.05, 0.1) is 16.0 Å². The van der Waals surface area contributed by atoms with E-state index in [9.17, 15) is 4.79 Å². The molecule has 1 aliphatic heterocycles. The van der Waals surface area contributed by atoms with Crippen LogP contribution >= 0.6 is 22.6 Å². The highest BCUT2D eigenvalue weighted by Crippen LogP contribution is 2.06. The first-order valence-electron chi connectivity index (χ1n) is 3.93. The molecule has 1 aliphatic rings. The summed E-state index contributed by atoms with van der Waals surface area (Å²) in [6.07, 6.45) is 4.01. The minimum Gasteiger partial charge on any atom is -0.306 e. The highest BCUT2D eigenvalue weighted by molar-refractivity contribution is 14.1. The summed E-state index contributed by atoms with van der Waals surface area (Å²) in [4.78, 5) is 19.0. The summed E-state index contributed by atoms with van der Waals surface area (Å²) in [7, 11) is 0. The largest absolute Gasteiger partial charge is 0.435 e. The van der Waals surface area contributed by atoms with Crippen LogP contribution in [-0.4, -0.2) is 34.0 Å². The number of hydrogen-bond donors (Lipinski definition) is 0. The number of amides is 1. The van der Waals surface area contributed by atoms with Gasteiger partial charge in [-0.3, -0.25) is 4.84 Å². The van der Waals surface area contributed by atoms with Crippen molar-refractivity contribution >= 4 is 28.7 Å². The summed E-state index contributed by atoms with van der Waals surface area (Å²) < 4.78 is 0.939. The molecule has 1 fully saturated rings. The fourth-order valence-corrected chi connectivity index (χ4v) is 1.33. The zero-order valence-electron chi connectivity index (χ0n) is 6.81. The highest BCUT2D eigenvalue weighted by atomic mass is 127. The predicted octanol–water partition coefficient (Wildman–Crippen LogP) is 0.742. The summed E-state index contributed by atoms with van der Waals surface area (Å²) in [5, 5.41) is 3.84. The van der Waals surface area contributed by atoms with Crippen LogP contribution in [0.1, 0.15) is 6.42 Å². The summed E-state index contributed by atoms with van der Waals surface area (Å²) >= 11 is 2.10. The van der Waals surface area contributed by atoms with Crippen LogP contribution in [0.4, 0.5) is 4.79 Å². The van der Waals surface area contributed by atoms with Crippen molar-refractivity contribution in [3.8, 4) is 0 Å². The van der Waals surface area contributed by atoms with Crippen LogP contribution in [0.25, 0.3) is 0 Å². The van der Waals surface area contributed by atoms with Crippen molar-refractivity contribution in [1.82, 2.24) is 14.8 Å². The van der Waals surface area contributed by atoms with Gasteiger partial charge < -0.3 is 4.90 Å². The van der Waals surface area contributed by atoms with Gasteiger partial charge in [-0.05, 0) is 29.0 Å². The van der Waals surface area contributed by atoms with Crippen LogP contribution < -0.4 is 4.84 Å². The Hall–Kier alpha value is -0.790. The van der Waals surface area contributed by atoms with E-state index in [1.54, 1.807) is 17.3 Å². The van der Waals surface area contributed by atoms with Crippen molar-refractivity contribution < 1.29 is 9.63 Å². The number of rotatable bonds is 1. The Balaban J connectivity index is 1.93. The molecular formula is C7H8IN3O2. The lowest BCUT2D eigenvalue weighted by Gasteiger charge is -2.28. The first kappa shape index (κ1) is 8.79. The van der Waals surface area contributed by atoms with Crippen LogP contribution in [0.15, 0.2) is 12.4 Å². The predicted molar refractivity (Wildman–Crippen MR) is 53.1 cm³/mol. The number of hydrogen-bond acceptors (Lipinski definition) is 3. The fourth-order valence-electron chi connectivity index (χ4n) is 0.971. The zero-order valence-corrected chi connectivity index (χ0v) is 8.97. The highest BCUT2D eigenvalue weighted by Gasteiger charge is 2.22. The second-order valence-corrected chi connectivity index (χ2v) is 4.00. The molecule has 1 saturated heterocycles. The van der Waals surface area contributed by atoms with Crippen molar-refractivity contribution in [2.24, 2.45) is 0 Å². The second kappa shape index (κ2) is 3.52. The Morgan fingerprint density at radius 1 is 1.62 bits per heavy atom. The number of halogens is 1. The van der Waals surface area contributed by atoms with Gasteiger partial charge in [-0.1, -0.05) is 4.85 Å². The maximum Gasteiger partial charge on any atom is 0.435 e. The normalized spacial score (nSPS) is 15.3. The fraction of sp³-hybridized carbons (Fsp3) is 0.429. The van der Waals surface area contributed by atoms with E-state index in [1.807, 2.05) is 0 Å². The molecule has 1 aromatic rings. The number of aromatic nitrogens is 2. The van der Waals surface area contributed by atoms with E-state index in [2.05, 4.69) is 27.7 Å². The molecule has 1 aromatic heterocycles. The van der Waals surface area contributed by atoms with Gasteiger partial charge in [-0.2, -0.15) is 0 Å². The third-order valence-corrected chi connectivity index (χ3v) is 2.37. The third-order valence-electron chi connectivity index (χ3n) is 1.81. The number of carbonyl (C=O) groups excluding carboxylic acids is 1. The topological polar surface area (TPSA) is 47.4 Å². The average Bonchev–Trinajstić information content (AvgIpc) is 2.31. The van der Waals surface area contributed by atoms with Gasteiger partial charge in [-0.15, -0.1) is 5.10 Å². The van der Waals surface area contributed by atoms with E-state index in [1.165, 1.54) is 4.85 Å². The number of nitrogens with zero attached hydrogens (tertiary/aromatic N) is 3. The first-order chi connectivity index (χ1) is 6.25. The lowest BCUT2D eigenvalue weighted by atomic mass is 10.2. The SMILES string of the molecule is O=C(On1cc(I)cn1)N1CCC1. The molecule has 0 N–H and O–H groups in total. The van der Waals surface area contributed by atoms with Crippen LogP contribution in [0.3, 0.4) is 0 Å². The van der Waals surface area contributed by atoms with Gasteiger partial charge in [-0.25, -0.2) is 4.79 Å². The summed E-state index contributed by atoms with van der Waals surface area (Å²) in [6, 6.07) is 0. The van der Waals surface area contributed by atoms with Gasteiger partial charge in [0.1, 0.15) is 0 Å². The van der Waals surface area contributed by atoms with Crippen LogP contribution in [0.5, 0.6) is 0 Å². The molecular weight excluding hydrogens is 285 g/mol. The van der Waals surface area contributed by atoms with E-state index >= 15 is 0 Å². The molecule has 6 heteroatoms. The quantitative estimate of drug-likeness (QED) is 0.718. The van der Waals surface area contributed by atoms with Crippen LogP contribution in [0.2, 0.25) is 0 Å². The molecule has 70 valence electrons. The van der Waals surface area contributed by atoms with Gasteiger partial charge >= 0.3 is 6.09 Å². The first-order valence-corrected chi connectivity index (χ1v) is 5.01. The zero-order chi connectivity index (χ0) is 9.26. The van der Waals surface area contributed by atoms with Crippen molar-refractivity contribution in [1.29, 1.82) is 0 Å². The van der Waals surface area contributed by atoms with Gasteiger partial charge in [0, 0.05) is 13.1 Å². The molecule has 0 saturated carbocycles. The Morgan fingerprint density at radius 2 is 2.38 bits per heavy atom.